The molecule has 0 radical (unpaired) electrons. The molecule has 0 heterocycles. The summed E-state index contributed by atoms with van der Waals surface area (Å²) in [5.41, 5.74) is 1.52. The smallest absolute Gasteiger partial charge is 0.226 e. The van der Waals surface area contributed by atoms with Gasteiger partial charge in [-0.15, -0.1) is 0 Å². The Hall–Kier alpha value is -1.51. The average Bonchev–Trinajstić information content (AvgIpc) is 2.61. The van der Waals surface area contributed by atoms with E-state index < -0.39 is 0 Å². The van der Waals surface area contributed by atoms with E-state index >= 15 is 0 Å². The van der Waals surface area contributed by atoms with E-state index in [1.807, 2.05) is 0 Å². The number of benzene rings is 1. The van der Waals surface area contributed by atoms with Crippen molar-refractivity contribution < 1.29 is 9.53 Å². The Morgan fingerprint density at radius 1 is 1.16 bits per heavy atom. The fourth-order valence-electron chi connectivity index (χ4n) is 6.38. The van der Waals surface area contributed by atoms with Crippen molar-refractivity contribution in [2.45, 2.75) is 63.7 Å². The Bertz CT molecular complexity index is 622. The maximum Gasteiger partial charge on any atom is 0.226 e. The summed E-state index contributed by atoms with van der Waals surface area (Å²) in [5, 5.41) is 3.27. The highest BCUT2D eigenvalue weighted by Crippen LogP contribution is 2.65. The first-order chi connectivity index (χ1) is 12.1. The molecule has 4 fully saturated rings. The largest absolute Gasteiger partial charge is 0.497 e. The van der Waals surface area contributed by atoms with Crippen molar-refractivity contribution in [2.75, 3.05) is 13.7 Å². The van der Waals surface area contributed by atoms with E-state index in [0.717, 1.165) is 56.2 Å². The molecule has 4 saturated carbocycles. The number of methoxy groups -OCH3 is 1. The van der Waals surface area contributed by atoms with Gasteiger partial charge in [0.15, 0.2) is 0 Å². The van der Waals surface area contributed by atoms with Gasteiger partial charge in [0.2, 0.25) is 5.91 Å². The lowest BCUT2D eigenvalue weighted by Gasteiger charge is -2.61. The maximum atomic E-state index is 13.1. The van der Waals surface area contributed by atoms with E-state index in [4.69, 9.17) is 4.74 Å². The lowest BCUT2D eigenvalue weighted by molar-refractivity contribution is -0.149. The first-order valence-corrected chi connectivity index (χ1v) is 10.0. The summed E-state index contributed by atoms with van der Waals surface area (Å²) in [6, 6.07) is 8.66. The van der Waals surface area contributed by atoms with Gasteiger partial charge in [-0.3, -0.25) is 4.79 Å². The zero-order chi connectivity index (χ0) is 17.5. The molecule has 0 aliphatic heterocycles. The third-order valence-electron chi connectivity index (χ3n) is 7.06. The van der Waals surface area contributed by atoms with Gasteiger partial charge < -0.3 is 10.1 Å². The van der Waals surface area contributed by atoms with Crippen molar-refractivity contribution in [2.24, 2.45) is 17.3 Å². The number of unbranched alkanes of at least 4 members (excludes halogenated alkanes) is 1. The molecule has 25 heavy (non-hydrogen) atoms. The molecule has 1 aromatic rings. The molecular weight excluding hydrogens is 310 g/mol. The summed E-state index contributed by atoms with van der Waals surface area (Å²) in [7, 11) is 1.72. The van der Waals surface area contributed by atoms with Crippen LogP contribution >= 0.6 is 0 Å². The van der Waals surface area contributed by atoms with Crippen LogP contribution in [0.3, 0.4) is 0 Å². The minimum atomic E-state index is -0.113. The van der Waals surface area contributed by atoms with Gasteiger partial charge in [0.25, 0.3) is 0 Å². The van der Waals surface area contributed by atoms with Crippen LogP contribution in [0.1, 0.15) is 63.9 Å². The molecule has 1 amide bonds. The predicted molar refractivity (Wildman–Crippen MR) is 99.7 cm³/mol. The first kappa shape index (κ1) is 16.9. The van der Waals surface area contributed by atoms with Crippen molar-refractivity contribution in [1.82, 2.24) is 5.32 Å². The number of amides is 1. The minimum absolute atomic E-state index is 0.113. The summed E-state index contributed by atoms with van der Waals surface area (Å²) < 4.78 is 5.34. The van der Waals surface area contributed by atoms with Gasteiger partial charge >= 0.3 is 0 Å². The van der Waals surface area contributed by atoms with Gasteiger partial charge in [-0.2, -0.15) is 0 Å². The van der Waals surface area contributed by atoms with Crippen LogP contribution in [-0.2, 0) is 10.2 Å². The molecule has 2 unspecified atom stereocenters. The van der Waals surface area contributed by atoms with Gasteiger partial charge in [-0.25, -0.2) is 0 Å². The summed E-state index contributed by atoms with van der Waals surface area (Å²) in [4.78, 5) is 13.1. The van der Waals surface area contributed by atoms with Crippen molar-refractivity contribution in [3.8, 4) is 5.75 Å². The van der Waals surface area contributed by atoms with E-state index in [2.05, 4.69) is 36.5 Å². The van der Waals surface area contributed by atoms with E-state index in [0.29, 0.717) is 5.91 Å². The van der Waals surface area contributed by atoms with Gasteiger partial charge in [-0.1, -0.05) is 25.5 Å². The minimum Gasteiger partial charge on any atom is -0.497 e. The highest BCUT2D eigenvalue weighted by molar-refractivity contribution is 5.83. The van der Waals surface area contributed by atoms with E-state index in [1.165, 1.54) is 24.8 Å². The fourth-order valence-corrected chi connectivity index (χ4v) is 6.38. The topological polar surface area (TPSA) is 38.3 Å². The number of rotatable bonds is 6. The van der Waals surface area contributed by atoms with Crippen LogP contribution < -0.4 is 10.1 Å². The molecule has 4 aliphatic rings. The second-order valence-corrected chi connectivity index (χ2v) is 8.86. The van der Waals surface area contributed by atoms with E-state index in [9.17, 15) is 4.79 Å². The number of nitrogens with one attached hydrogen (secondary N) is 1. The predicted octanol–water partition coefficient (Wildman–Crippen LogP) is 4.45. The summed E-state index contributed by atoms with van der Waals surface area (Å²) >= 11 is 0. The Morgan fingerprint density at radius 3 is 2.44 bits per heavy atom. The van der Waals surface area contributed by atoms with Crippen molar-refractivity contribution in [3.05, 3.63) is 29.8 Å². The van der Waals surface area contributed by atoms with Crippen molar-refractivity contribution >= 4 is 5.91 Å². The number of ether oxygens (including phenoxy) is 1. The van der Waals surface area contributed by atoms with Gasteiger partial charge in [0.05, 0.1) is 12.5 Å². The fraction of sp³-hybridized carbons (Fsp3) is 0.682. The highest BCUT2D eigenvalue weighted by atomic mass is 16.5. The second kappa shape index (κ2) is 6.34. The Morgan fingerprint density at radius 2 is 1.84 bits per heavy atom. The molecule has 4 atom stereocenters. The third kappa shape index (κ3) is 2.86. The molecule has 136 valence electrons. The summed E-state index contributed by atoms with van der Waals surface area (Å²) in [5.74, 6) is 2.70. The number of carbonyl (C=O) groups is 1. The third-order valence-corrected chi connectivity index (χ3v) is 7.06. The quantitative estimate of drug-likeness (QED) is 0.776. The number of carbonyl (C=O) groups excluding carboxylic acids is 1. The first-order valence-electron chi connectivity index (χ1n) is 10.0. The highest BCUT2D eigenvalue weighted by Gasteiger charge is 2.60. The molecule has 3 nitrogen and oxygen atoms in total. The number of hydrogen-bond acceptors (Lipinski definition) is 2. The molecule has 1 aromatic carbocycles. The van der Waals surface area contributed by atoms with Crippen molar-refractivity contribution in [3.63, 3.8) is 0 Å². The molecule has 1 N–H and O–H groups in total. The summed E-state index contributed by atoms with van der Waals surface area (Å²) in [6.45, 7) is 3.01. The van der Waals surface area contributed by atoms with Crippen molar-refractivity contribution in [1.29, 1.82) is 0 Å². The second-order valence-electron chi connectivity index (χ2n) is 8.86. The molecule has 0 aromatic heterocycles. The summed E-state index contributed by atoms with van der Waals surface area (Å²) in [6.07, 6.45) is 9.34. The zero-order valence-corrected chi connectivity index (χ0v) is 15.6. The molecule has 4 aliphatic carbocycles. The van der Waals surface area contributed by atoms with E-state index in [-0.39, 0.29) is 10.8 Å². The lowest BCUT2D eigenvalue weighted by Crippen LogP contribution is -2.59. The van der Waals surface area contributed by atoms with Crippen LogP contribution in [0.25, 0.3) is 0 Å². The maximum absolute atomic E-state index is 13.1. The van der Waals surface area contributed by atoms with Crippen LogP contribution in [0.4, 0.5) is 0 Å². The molecule has 5 rings (SSSR count). The lowest BCUT2D eigenvalue weighted by atomic mass is 9.42. The molecule has 4 bridgehead atoms. The average molecular weight is 341 g/mol. The number of hydrogen-bond donors (Lipinski definition) is 1. The molecular formula is C22H31NO2. The standard InChI is InChI=1S/C22H31NO2/c1-3-4-9-23-20(24)22-13-16-10-17(14-22)12-21(11-16,15-22)18-5-7-19(25-2)8-6-18/h5-8,16-17H,3-4,9-15H2,1-2H3,(H,23,24)/t16-,17+,21?,22?. The van der Waals surface area contributed by atoms with Gasteiger partial charge in [0.1, 0.15) is 5.75 Å². The molecule has 0 saturated heterocycles. The van der Waals surface area contributed by atoms with Crippen LogP contribution in [0.2, 0.25) is 0 Å². The van der Waals surface area contributed by atoms with Crippen LogP contribution in [0.5, 0.6) is 5.75 Å². The van der Waals surface area contributed by atoms with Crippen LogP contribution in [0.15, 0.2) is 24.3 Å². The Labute approximate surface area is 151 Å². The van der Waals surface area contributed by atoms with Crippen LogP contribution in [-0.4, -0.2) is 19.6 Å². The Balaban J connectivity index is 1.61. The molecule has 0 spiro atoms. The normalized spacial score (nSPS) is 35.6. The van der Waals surface area contributed by atoms with Crippen LogP contribution in [0, 0.1) is 17.3 Å². The SMILES string of the molecule is CCCCNC(=O)C12C[C@H]3C[C@@H](C1)CC(c1ccc(OC)cc1)(C3)C2. The Kier molecular flexibility index (Phi) is 4.29. The molecule has 3 heteroatoms. The van der Waals surface area contributed by atoms with Gasteiger partial charge in [0, 0.05) is 6.54 Å². The van der Waals surface area contributed by atoms with E-state index in [1.54, 1.807) is 7.11 Å². The van der Waals surface area contributed by atoms with Gasteiger partial charge in [-0.05, 0) is 79.9 Å². The zero-order valence-electron chi connectivity index (χ0n) is 15.6. The monoisotopic (exact) mass is 341 g/mol.